The van der Waals surface area contributed by atoms with Gasteiger partial charge in [0.15, 0.2) is 0 Å². The molecule has 0 aliphatic rings. The predicted octanol–water partition coefficient (Wildman–Crippen LogP) is 3.90. The molecular weight excluding hydrogens is 206 g/mol. The molecular formula is C13H18ClN. The van der Waals surface area contributed by atoms with Gasteiger partial charge in [-0.1, -0.05) is 44.2 Å². The minimum atomic E-state index is -0.532. The number of hydrogen-bond acceptors (Lipinski definition) is 1. The lowest BCUT2D eigenvalue weighted by molar-refractivity contribution is 0.557. The lowest BCUT2D eigenvalue weighted by Crippen LogP contribution is -2.35. The van der Waals surface area contributed by atoms with Crippen LogP contribution in [0.1, 0.15) is 26.3 Å². The fourth-order valence-corrected chi connectivity index (χ4v) is 1.39. The van der Waals surface area contributed by atoms with E-state index in [0.717, 1.165) is 5.56 Å². The molecule has 15 heavy (non-hydrogen) atoms. The van der Waals surface area contributed by atoms with Crippen molar-refractivity contribution in [3.05, 3.63) is 35.9 Å². The van der Waals surface area contributed by atoms with Crippen LogP contribution in [0.25, 0.3) is 0 Å². The van der Waals surface area contributed by atoms with Crippen LogP contribution in [-0.2, 0) is 6.42 Å². The van der Waals surface area contributed by atoms with Gasteiger partial charge in [0, 0.05) is 12.1 Å². The van der Waals surface area contributed by atoms with Crippen LogP contribution in [0.15, 0.2) is 30.3 Å². The number of alkyl halides is 1. The molecule has 0 saturated heterocycles. The Labute approximate surface area is 97.0 Å². The summed E-state index contributed by atoms with van der Waals surface area (Å²) in [5.41, 5.74) is 1.74. The SMILES string of the molecule is CC(C)C(C)(Cl)C(=N)Cc1ccccc1. The molecule has 0 saturated carbocycles. The molecule has 0 aliphatic heterocycles. The van der Waals surface area contributed by atoms with E-state index in [1.165, 1.54) is 0 Å². The molecule has 1 N–H and O–H groups in total. The molecule has 0 bridgehead atoms. The first-order chi connectivity index (χ1) is 6.94. The Morgan fingerprint density at radius 1 is 1.33 bits per heavy atom. The Hall–Kier alpha value is -0.820. The molecule has 0 fully saturated rings. The first-order valence-corrected chi connectivity index (χ1v) is 5.63. The Kier molecular flexibility index (Phi) is 3.92. The van der Waals surface area contributed by atoms with Crippen molar-refractivity contribution in [2.45, 2.75) is 32.1 Å². The van der Waals surface area contributed by atoms with Gasteiger partial charge in [-0.25, -0.2) is 0 Å². The van der Waals surface area contributed by atoms with Gasteiger partial charge < -0.3 is 5.41 Å². The zero-order valence-electron chi connectivity index (χ0n) is 9.55. The number of halogens is 1. The summed E-state index contributed by atoms with van der Waals surface area (Å²) in [7, 11) is 0. The topological polar surface area (TPSA) is 23.9 Å². The van der Waals surface area contributed by atoms with Crippen molar-refractivity contribution < 1.29 is 0 Å². The molecule has 0 heterocycles. The third-order valence-electron chi connectivity index (χ3n) is 2.90. The Morgan fingerprint density at radius 2 is 1.87 bits per heavy atom. The van der Waals surface area contributed by atoms with Crippen molar-refractivity contribution in [3.63, 3.8) is 0 Å². The zero-order chi connectivity index (χ0) is 11.5. The highest BCUT2D eigenvalue weighted by Crippen LogP contribution is 2.27. The summed E-state index contributed by atoms with van der Waals surface area (Å²) in [6, 6.07) is 10.0. The molecule has 82 valence electrons. The number of benzene rings is 1. The van der Waals surface area contributed by atoms with E-state index in [0.29, 0.717) is 12.1 Å². The van der Waals surface area contributed by atoms with Crippen molar-refractivity contribution in [2.24, 2.45) is 5.92 Å². The van der Waals surface area contributed by atoms with Gasteiger partial charge in [0.25, 0.3) is 0 Å². The highest BCUT2D eigenvalue weighted by molar-refractivity contribution is 6.35. The molecule has 0 radical (unpaired) electrons. The fourth-order valence-electron chi connectivity index (χ4n) is 1.32. The van der Waals surface area contributed by atoms with Gasteiger partial charge in [0.2, 0.25) is 0 Å². The van der Waals surface area contributed by atoms with Crippen LogP contribution in [0.5, 0.6) is 0 Å². The Balaban J connectivity index is 2.72. The lowest BCUT2D eigenvalue weighted by Gasteiger charge is -2.27. The minimum absolute atomic E-state index is 0.273. The third kappa shape index (κ3) is 3.07. The van der Waals surface area contributed by atoms with Crippen molar-refractivity contribution >= 4 is 17.3 Å². The predicted molar refractivity (Wildman–Crippen MR) is 67.0 cm³/mol. The third-order valence-corrected chi connectivity index (χ3v) is 3.56. The summed E-state index contributed by atoms with van der Waals surface area (Å²) in [6.45, 7) is 6.02. The number of rotatable bonds is 4. The molecule has 1 aromatic rings. The van der Waals surface area contributed by atoms with Gasteiger partial charge in [-0.05, 0) is 18.4 Å². The first kappa shape index (κ1) is 12.3. The highest BCUT2D eigenvalue weighted by atomic mass is 35.5. The summed E-state index contributed by atoms with van der Waals surface area (Å²) in [4.78, 5) is -0.532. The van der Waals surface area contributed by atoms with E-state index >= 15 is 0 Å². The number of hydrogen-bond donors (Lipinski definition) is 1. The monoisotopic (exact) mass is 223 g/mol. The fraction of sp³-hybridized carbons (Fsp3) is 0.462. The quantitative estimate of drug-likeness (QED) is 0.591. The first-order valence-electron chi connectivity index (χ1n) is 5.25. The van der Waals surface area contributed by atoms with Gasteiger partial charge in [-0.2, -0.15) is 0 Å². The van der Waals surface area contributed by atoms with Gasteiger partial charge in [0.1, 0.15) is 0 Å². The van der Waals surface area contributed by atoms with Gasteiger partial charge in [-0.3, -0.25) is 0 Å². The van der Waals surface area contributed by atoms with Crippen LogP contribution in [0.2, 0.25) is 0 Å². The van der Waals surface area contributed by atoms with E-state index in [1.807, 2.05) is 51.1 Å². The van der Waals surface area contributed by atoms with Gasteiger partial charge >= 0.3 is 0 Å². The maximum Gasteiger partial charge on any atom is 0.0817 e. The molecule has 0 spiro atoms. The van der Waals surface area contributed by atoms with Crippen molar-refractivity contribution in [1.82, 2.24) is 0 Å². The molecule has 1 aromatic carbocycles. The van der Waals surface area contributed by atoms with Crippen LogP contribution in [0.4, 0.5) is 0 Å². The summed E-state index contributed by atoms with van der Waals surface area (Å²) < 4.78 is 0. The molecule has 0 aliphatic carbocycles. The second-order valence-corrected chi connectivity index (χ2v) is 5.16. The molecule has 1 atom stereocenters. The highest BCUT2D eigenvalue weighted by Gasteiger charge is 2.30. The second-order valence-electron chi connectivity index (χ2n) is 4.37. The zero-order valence-corrected chi connectivity index (χ0v) is 10.3. The Bertz CT molecular complexity index is 328. The van der Waals surface area contributed by atoms with E-state index in [4.69, 9.17) is 17.0 Å². The maximum atomic E-state index is 8.03. The summed E-state index contributed by atoms with van der Waals surface area (Å²) >= 11 is 6.35. The van der Waals surface area contributed by atoms with Crippen molar-refractivity contribution in [3.8, 4) is 0 Å². The van der Waals surface area contributed by atoms with Crippen molar-refractivity contribution in [2.75, 3.05) is 0 Å². The standard InChI is InChI=1S/C13H18ClN/c1-10(2)13(3,14)12(15)9-11-7-5-4-6-8-11/h4-8,10,15H,9H2,1-3H3. The molecule has 0 amide bonds. The summed E-state index contributed by atoms with van der Waals surface area (Å²) in [5, 5.41) is 8.03. The van der Waals surface area contributed by atoms with Crippen LogP contribution in [0, 0.1) is 11.3 Å². The average Bonchev–Trinajstić information content (AvgIpc) is 2.18. The minimum Gasteiger partial charge on any atom is -0.307 e. The van der Waals surface area contributed by atoms with Crippen LogP contribution in [-0.4, -0.2) is 10.6 Å². The maximum absolute atomic E-state index is 8.03. The largest absolute Gasteiger partial charge is 0.307 e. The lowest BCUT2D eigenvalue weighted by atomic mass is 9.88. The van der Waals surface area contributed by atoms with Gasteiger partial charge in [0.05, 0.1) is 4.87 Å². The van der Waals surface area contributed by atoms with E-state index in [1.54, 1.807) is 0 Å². The second kappa shape index (κ2) is 4.80. The molecule has 2 heteroatoms. The number of nitrogens with one attached hydrogen (secondary N) is 1. The van der Waals surface area contributed by atoms with Crippen LogP contribution in [0.3, 0.4) is 0 Å². The summed E-state index contributed by atoms with van der Waals surface area (Å²) in [5.74, 6) is 0.273. The van der Waals surface area contributed by atoms with E-state index in [2.05, 4.69) is 0 Å². The molecule has 1 nitrogen and oxygen atoms in total. The van der Waals surface area contributed by atoms with E-state index in [-0.39, 0.29) is 5.92 Å². The van der Waals surface area contributed by atoms with Crippen molar-refractivity contribution in [1.29, 1.82) is 5.41 Å². The normalized spacial score (nSPS) is 15.0. The Morgan fingerprint density at radius 3 is 2.33 bits per heavy atom. The summed E-state index contributed by atoms with van der Waals surface area (Å²) in [6.07, 6.45) is 0.638. The molecule has 0 aromatic heterocycles. The van der Waals surface area contributed by atoms with Crippen LogP contribution >= 0.6 is 11.6 Å². The molecule has 1 unspecified atom stereocenters. The molecule has 1 rings (SSSR count). The van der Waals surface area contributed by atoms with E-state index < -0.39 is 4.87 Å². The van der Waals surface area contributed by atoms with Gasteiger partial charge in [-0.15, -0.1) is 11.6 Å². The average molecular weight is 224 g/mol. The van der Waals surface area contributed by atoms with E-state index in [9.17, 15) is 0 Å². The van der Waals surface area contributed by atoms with Crippen LogP contribution < -0.4 is 0 Å². The smallest absolute Gasteiger partial charge is 0.0817 e.